The molecule has 2 rings (SSSR count). The molecule has 0 unspecified atom stereocenters. The quantitative estimate of drug-likeness (QED) is 0.738. The van der Waals surface area contributed by atoms with Gasteiger partial charge in [-0.05, 0) is 30.7 Å². The molecule has 1 N–H and O–H groups in total. The Morgan fingerprint density at radius 2 is 1.95 bits per heavy atom. The number of nitrogens with one attached hydrogen (secondary N) is 1. The van der Waals surface area contributed by atoms with Gasteiger partial charge in [0, 0.05) is 10.8 Å². The number of amides is 1. The summed E-state index contributed by atoms with van der Waals surface area (Å²) in [6.45, 7) is 6.37. The van der Waals surface area contributed by atoms with Crippen molar-refractivity contribution in [3.05, 3.63) is 34.8 Å². The van der Waals surface area contributed by atoms with Crippen molar-refractivity contribution in [3.8, 4) is 0 Å². The van der Waals surface area contributed by atoms with Crippen molar-refractivity contribution in [2.45, 2.75) is 44.4 Å². The molecule has 0 saturated heterocycles. The monoisotopic (exact) mass is 335 g/mol. The van der Waals surface area contributed by atoms with Crippen molar-refractivity contribution in [2.75, 3.05) is 11.1 Å². The number of carbonyl (C=O) groups excluding carboxylic acids is 1. The van der Waals surface area contributed by atoms with Crippen LogP contribution in [-0.2, 0) is 0 Å². The third kappa shape index (κ3) is 4.08. The van der Waals surface area contributed by atoms with Crippen molar-refractivity contribution in [1.82, 2.24) is 10.2 Å². The molecule has 4 nitrogen and oxygen atoms in total. The van der Waals surface area contributed by atoms with E-state index < -0.39 is 0 Å². The number of anilines is 1. The fourth-order valence-corrected chi connectivity index (χ4v) is 4.00. The molecule has 1 amide bonds. The van der Waals surface area contributed by atoms with Gasteiger partial charge < -0.3 is 0 Å². The van der Waals surface area contributed by atoms with Crippen LogP contribution in [0.25, 0.3) is 0 Å². The number of carbonyl (C=O) groups is 1. The molecule has 2 aromatic rings. The number of hydrogen-bond acceptors (Lipinski definition) is 5. The fourth-order valence-electron chi connectivity index (χ4n) is 2.19. The van der Waals surface area contributed by atoms with Gasteiger partial charge in [0.05, 0.1) is 5.56 Å². The molecule has 0 fully saturated rings. The Hall–Kier alpha value is -1.40. The van der Waals surface area contributed by atoms with E-state index in [1.807, 2.05) is 24.3 Å². The maximum Gasteiger partial charge on any atom is 0.258 e. The maximum absolute atomic E-state index is 12.4. The Balaban J connectivity index is 2.12. The van der Waals surface area contributed by atoms with Gasteiger partial charge in [-0.25, -0.2) is 0 Å². The van der Waals surface area contributed by atoms with Crippen LogP contribution in [0.5, 0.6) is 0 Å². The molecule has 6 heteroatoms. The standard InChI is InChI=1S/C16H21N3OS2/c1-4-11(5-2)15-18-19-16(22-15)17-14(20)12-9-7-8-10-13(12)21-6-3/h7-11H,4-6H2,1-3H3,(H,17,19,20). The summed E-state index contributed by atoms with van der Waals surface area (Å²) in [7, 11) is 0. The fraction of sp³-hybridized carbons (Fsp3) is 0.438. The van der Waals surface area contributed by atoms with Crippen molar-refractivity contribution < 1.29 is 4.79 Å². The van der Waals surface area contributed by atoms with Crippen LogP contribution in [0.1, 0.15) is 54.9 Å². The van der Waals surface area contributed by atoms with Gasteiger partial charge in [-0.3, -0.25) is 10.1 Å². The lowest BCUT2D eigenvalue weighted by molar-refractivity contribution is 0.102. The van der Waals surface area contributed by atoms with E-state index in [9.17, 15) is 4.79 Å². The SMILES string of the molecule is CCSc1ccccc1C(=O)Nc1nnc(C(CC)CC)s1. The van der Waals surface area contributed by atoms with Crippen LogP contribution in [0.15, 0.2) is 29.2 Å². The summed E-state index contributed by atoms with van der Waals surface area (Å²) >= 11 is 3.14. The first-order valence-corrected chi connectivity index (χ1v) is 9.36. The molecule has 0 bridgehead atoms. The molecule has 0 saturated carbocycles. The van der Waals surface area contributed by atoms with Crippen LogP contribution in [-0.4, -0.2) is 21.9 Å². The van der Waals surface area contributed by atoms with Crippen molar-refractivity contribution in [3.63, 3.8) is 0 Å². The summed E-state index contributed by atoms with van der Waals surface area (Å²) in [6.07, 6.45) is 2.07. The molecule has 0 atom stereocenters. The summed E-state index contributed by atoms with van der Waals surface area (Å²) in [5.41, 5.74) is 0.689. The molecule has 0 spiro atoms. The average Bonchev–Trinajstić information content (AvgIpc) is 2.97. The summed E-state index contributed by atoms with van der Waals surface area (Å²) in [5, 5.41) is 12.8. The van der Waals surface area contributed by atoms with Gasteiger partial charge in [-0.2, -0.15) is 0 Å². The van der Waals surface area contributed by atoms with Crippen molar-refractivity contribution >= 4 is 34.1 Å². The smallest absolute Gasteiger partial charge is 0.258 e. The topological polar surface area (TPSA) is 54.9 Å². The molecule has 0 radical (unpaired) electrons. The van der Waals surface area contributed by atoms with E-state index in [4.69, 9.17) is 0 Å². The largest absolute Gasteiger partial charge is 0.296 e. The summed E-state index contributed by atoms with van der Waals surface area (Å²) in [4.78, 5) is 13.4. The van der Waals surface area contributed by atoms with Crippen LogP contribution < -0.4 is 5.32 Å². The molecule has 22 heavy (non-hydrogen) atoms. The molecule has 1 heterocycles. The van der Waals surface area contributed by atoms with E-state index in [0.29, 0.717) is 16.6 Å². The second-order valence-corrected chi connectivity index (χ2v) is 7.16. The highest BCUT2D eigenvalue weighted by Crippen LogP contribution is 2.29. The average molecular weight is 335 g/mol. The van der Waals surface area contributed by atoms with Crippen LogP contribution in [0.3, 0.4) is 0 Å². The minimum atomic E-state index is -0.121. The van der Waals surface area contributed by atoms with Gasteiger partial charge in [0.1, 0.15) is 5.01 Å². The lowest BCUT2D eigenvalue weighted by atomic mass is 10.1. The molecule has 0 aliphatic heterocycles. The molecule has 0 aliphatic carbocycles. The van der Waals surface area contributed by atoms with Crippen LogP contribution in [0, 0.1) is 0 Å². The number of aromatic nitrogens is 2. The Kier molecular flexibility index (Phi) is 6.39. The lowest BCUT2D eigenvalue weighted by Gasteiger charge is -2.07. The third-order valence-electron chi connectivity index (χ3n) is 3.43. The van der Waals surface area contributed by atoms with E-state index in [2.05, 4.69) is 36.3 Å². The number of nitrogens with zero attached hydrogens (tertiary/aromatic N) is 2. The lowest BCUT2D eigenvalue weighted by Crippen LogP contribution is -2.12. The zero-order valence-electron chi connectivity index (χ0n) is 13.1. The number of hydrogen-bond donors (Lipinski definition) is 1. The highest BCUT2D eigenvalue weighted by atomic mass is 32.2. The predicted molar refractivity (Wildman–Crippen MR) is 94.0 cm³/mol. The first kappa shape index (κ1) is 17.0. The highest BCUT2D eigenvalue weighted by Gasteiger charge is 2.16. The second kappa shape index (κ2) is 8.29. The summed E-state index contributed by atoms with van der Waals surface area (Å²) < 4.78 is 0. The number of thioether (sulfide) groups is 1. The van der Waals surface area contributed by atoms with Crippen LogP contribution >= 0.6 is 23.1 Å². The first-order valence-electron chi connectivity index (χ1n) is 7.56. The molecular formula is C16H21N3OS2. The van der Waals surface area contributed by atoms with Gasteiger partial charge in [-0.15, -0.1) is 22.0 Å². The van der Waals surface area contributed by atoms with Gasteiger partial charge in [0.25, 0.3) is 5.91 Å². The molecule has 118 valence electrons. The Morgan fingerprint density at radius 1 is 1.23 bits per heavy atom. The number of benzene rings is 1. The van der Waals surface area contributed by atoms with E-state index in [-0.39, 0.29) is 5.91 Å². The Labute approximate surface area is 139 Å². The molecule has 1 aromatic heterocycles. The summed E-state index contributed by atoms with van der Waals surface area (Å²) in [6, 6.07) is 7.64. The summed E-state index contributed by atoms with van der Waals surface area (Å²) in [5.74, 6) is 1.23. The Bertz CT molecular complexity index is 623. The van der Waals surface area contributed by atoms with Gasteiger partial charge in [0.15, 0.2) is 0 Å². The zero-order chi connectivity index (χ0) is 15.9. The van der Waals surface area contributed by atoms with E-state index >= 15 is 0 Å². The van der Waals surface area contributed by atoms with Gasteiger partial charge in [0.2, 0.25) is 5.13 Å². The van der Waals surface area contributed by atoms with Gasteiger partial charge >= 0.3 is 0 Å². The highest BCUT2D eigenvalue weighted by molar-refractivity contribution is 7.99. The maximum atomic E-state index is 12.4. The molecular weight excluding hydrogens is 314 g/mol. The van der Waals surface area contributed by atoms with E-state index in [1.54, 1.807) is 11.8 Å². The zero-order valence-corrected chi connectivity index (χ0v) is 14.8. The second-order valence-electron chi connectivity index (χ2n) is 4.84. The normalized spacial score (nSPS) is 10.9. The van der Waals surface area contributed by atoms with Crippen molar-refractivity contribution in [1.29, 1.82) is 0 Å². The van der Waals surface area contributed by atoms with E-state index in [1.165, 1.54) is 11.3 Å². The minimum Gasteiger partial charge on any atom is -0.296 e. The van der Waals surface area contributed by atoms with Gasteiger partial charge in [-0.1, -0.05) is 44.2 Å². The van der Waals surface area contributed by atoms with Crippen LogP contribution in [0.4, 0.5) is 5.13 Å². The van der Waals surface area contributed by atoms with Crippen LogP contribution in [0.2, 0.25) is 0 Å². The predicted octanol–water partition coefficient (Wildman–Crippen LogP) is 4.81. The molecule has 0 aliphatic rings. The third-order valence-corrected chi connectivity index (χ3v) is 5.38. The number of rotatable bonds is 7. The van der Waals surface area contributed by atoms with E-state index in [0.717, 1.165) is 28.5 Å². The first-order chi connectivity index (χ1) is 10.7. The molecule has 1 aromatic carbocycles. The van der Waals surface area contributed by atoms with Crippen molar-refractivity contribution in [2.24, 2.45) is 0 Å². The Morgan fingerprint density at radius 3 is 2.64 bits per heavy atom. The minimum absolute atomic E-state index is 0.121.